The van der Waals surface area contributed by atoms with Crippen molar-refractivity contribution < 1.29 is 23.9 Å². The number of aryl methyl sites for hydroxylation is 1. The lowest BCUT2D eigenvalue weighted by Gasteiger charge is -2.35. The van der Waals surface area contributed by atoms with Gasteiger partial charge in [0.05, 0.1) is 5.56 Å². The molecule has 0 aromatic heterocycles. The molecule has 0 atom stereocenters. The van der Waals surface area contributed by atoms with E-state index in [2.05, 4.69) is 0 Å². The highest BCUT2D eigenvalue weighted by atomic mass is 19.1. The highest BCUT2D eigenvalue weighted by Gasteiger charge is 2.26. The molecule has 7 heteroatoms. The highest BCUT2D eigenvalue weighted by Crippen LogP contribution is 2.15. The average molecular weight is 370 g/mol. The van der Waals surface area contributed by atoms with Crippen LogP contribution in [0.3, 0.4) is 0 Å². The average Bonchev–Trinajstić information content (AvgIpc) is 2.69. The Hall–Kier alpha value is -3.22. The Morgan fingerprint density at radius 2 is 1.26 bits per heavy atom. The van der Waals surface area contributed by atoms with Gasteiger partial charge in [0.2, 0.25) is 0 Å². The van der Waals surface area contributed by atoms with Crippen molar-refractivity contribution in [2.24, 2.45) is 0 Å². The number of hydrogen-bond donors (Lipinski definition) is 1. The van der Waals surface area contributed by atoms with E-state index in [9.17, 15) is 18.8 Å². The zero-order valence-electron chi connectivity index (χ0n) is 14.8. The smallest absolute Gasteiger partial charge is 0.335 e. The number of carbonyl (C=O) groups is 3. The van der Waals surface area contributed by atoms with E-state index in [1.807, 2.05) is 0 Å². The van der Waals surface area contributed by atoms with Crippen LogP contribution in [0.4, 0.5) is 4.39 Å². The molecule has 2 amide bonds. The first-order valence-corrected chi connectivity index (χ1v) is 8.55. The van der Waals surface area contributed by atoms with Crippen molar-refractivity contribution >= 4 is 17.8 Å². The fourth-order valence-corrected chi connectivity index (χ4v) is 2.96. The topological polar surface area (TPSA) is 77.9 Å². The first kappa shape index (κ1) is 18.6. The number of carboxylic acids is 1. The van der Waals surface area contributed by atoms with Crippen LogP contribution in [0, 0.1) is 12.7 Å². The van der Waals surface area contributed by atoms with Gasteiger partial charge in [0.1, 0.15) is 5.82 Å². The molecule has 0 aliphatic carbocycles. The summed E-state index contributed by atoms with van der Waals surface area (Å²) >= 11 is 0. The van der Waals surface area contributed by atoms with Gasteiger partial charge in [0.25, 0.3) is 11.8 Å². The van der Waals surface area contributed by atoms with Gasteiger partial charge in [-0.25, -0.2) is 9.18 Å². The van der Waals surface area contributed by atoms with E-state index in [1.54, 1.807) is 28.9 Å². The molecule has 3 rings (SSSR count). The molecule has 1 heterocycles. The third kappa shape index (κ3) is 3.97. The number of hydrogen-bond acceptors (Lipinski definition) is 3. The number of aromatic carboxylic acids is 1. The van der Waals surface area contributed by atoms with Crippen LogP contribution in [-0.4, -0.2) is 58.9 Å². The lowest BCUT2D eigenvalue weighted by molar-refractivity contribution is 0.0535. The van der Waals surface area contributed by atoms with E-state index < -0.39 is 11.8 Å². The lowest BCUT2D eigenvalue weighted by Crippen LogP contribution is -2.50. The second-order valence-corrected chi connectivity index (χ2v) is 6.43. The molecule has 0 spiro atoms. The van der Waals surface area contributed by atoms with Gasteiger partial charge in [-0.1, -0.05) is 6.07 Å². The molecule has 0 saturated carbocycles. The number of piperazine rings is 1. The van der Waals surface area contributed by atoms with Gasteiger partial charge < -0.3 is 14.9 Å². The van der Waals surface area contributed by atoms with E-state index in [-0.39, 0.29) is 17.4 Å². The van der Waals surface area contributed by atoms with Crippen LogP contribution >= 0.6 is 0 Å². The number of carboxylic acid groups (broad SMARTS) is 1. The van der Waals surface area contributed by atoms with E-state index in [0.717, 1.165) is 0 Å². The van der Waals surface area contributed by atoms with E-state index in [1.165, 1.54) is 30.3 Å². The molecule has 2 aromatic rings. The van der Waals surface area contributed by atoms with Crippen LogP contribution in [-0.2, 0) is 0 Å². The fraction of sp³-hybridized carbons (Fsp3) is 0.250. The standard InChI is InChI=1S/C20H19FN2O4/c1-13-2-3-16(12-17(13)21)19(25)23-10-8-22(9-11-23)18(24)14-4-6-15(7-5-14)20(26)27/h2-7,12H,8-11H2,1H3,(H,26,27). The summed E-state index contributed by atoms with van der Waals surface area (Å²) in [6.45, 7) is 3.07. The summed E-state index contributed by atoms with van der Waals surface area (Å²) in [5, 5.41) is 8.91. The zero-order valence-corrected chi connectivity index (χ0v) is 14.8. The largest absolute Gasteiger partial charge is 0.478 e. The van der Waals surface area contributed by atoms with Crippen molar-refractivity contribution in [1.82, 2.24) is 9.80 Å². The summed E-state index contributed by atoms with van der Waals surface area (Å²) in [6, 6.07) is 10.2. The maximum atomic E-state index is 13.7. The first-order chi connectivity index (χ1) is 12.9. The van der Waals surface area contributed by atoms with Gasteiger partial charge in [0.15, 0.2) is 0 Å². The summed E-state index contributed by atoms with van der Waals surface area (Å²) in [5.74, 6) is -1.93. The summed E-state index contributed by atoms with van der Waals surface area (Å²) in [4.78, 5) is 39.1. The predicted molar refractivity (Wildman–Crippen MR) is 96.3 cm³/mol. The van der Waals surface area contributed by atoms with Crippen LogP contribution in [0.15, 0.2) is 42.5 Å². The molecular weight excluding hydrogens is 351 g/mol. The molecule has 1 aliphatic heterocycles. The molecule has 0 unspecified atom stereocenters. The van der Waals surface area contributed by atoms with Crippen LogP contribution in [0.1, 0.15) is 36.6 Å². The maximum Gasteiger partial charge on any atom is 0.335 e. The molecule has 2 aromatic carbocycles. The Labute approximate surface area is 155 Å². The number of amides is 2. The summed E-state index contributed by atoms with van der Waals surface area (Å²) in [7, 11) is 0. The molecule has 1 N–H and O–H groups in total. The number of rotatable bonds is 3. The van der Waals surface area contributed by atoms with Crippen LogP contribution in [0.2, 0.25) is 0 Å². The minimum Gasteiger partial charge on any atom is -0.478 e. The minimum atomic E-state index is -1.05. The van der Waals surface area contributed by atoms with Crippen LogP contribution < -0.4 is 0 Å². The normalized spacial score (nSPS) is 14.1. The predicted octanol–water partition coefficient (Wildman–Crippen LogP) is 2.43. The first-order valence-electron chi connectivity index (χ1n) is 8.55. The monoisotopic (exact) mass is 370 g/mol. The van der Waals surface area contributed by atoms with Crippen molar-refractivity contribution in [1.29, 1.82) is 0 Å². The van der Waals surface area contributed by atoms with Crippen molar-refractivity contribution in [2.45, 2.75) is 6.92 Å². The zero-order chi connectivity index (χ0) is 19.6. The highest BCUT2D eigenvalue weighted by molar-refractivity contribution is 5.97. The quantitative estimate of drug-likeness (QED) is 0.900. The SMILES string of the molecule is Cc1ccc(C(=O)N2CCN(C(=O)c3ccc(C(=O)O)cc3)CC2)cc1F. The Bertz CT molecular complexity index is 887. The molecule has 140 valence electrons. The van der Waals surface area contributed by atoms with E-state index in [4.69, 9.17) is 5.11 Å². The lowest BCUT2D eigenvalue weighted by atomic mass is 10.1. The van der Waals surface area contributed by atoms with Gasteiger partial charge >= 0.3 is 5.97 Å². The van der Waals surface area contributed by atoms with Crippen molar-refractivity contribution in [3.63, 3.8) is 0 Å². The van der Waals surface area contributed by atoms with Gasteiger partial charge in [0, 0.05) is 37.3 Å². The second-order valence-electron chi connectivity index (χ2n) is 6.43. The minimum absolute atomic E-state index is 0.118. The van der Waals surface area contributed by atoms with Crippen LogP contribution in [0.25, 0.3) is 0 Å². The molecule has 0 bridgehead atoms. The van der Waals surface area contributed by atoms with Crippen molar-refractivity contribution in [3.05, 3.63) is 70.5 Å². The Morgan fingerprint density at radius 3 is 1.74 bits per heavy atom. The summed E-state index contributed by atoms with van der Waals surface area (Å²) in [5.41, 5.74) is 1.30. The Balaban J connectivity index is 1.62. The third-order valence-electron chi connectivity index (χ3n) is 4.65. The molecule has 6 nitrogen and oxygen atoms in total. The Kier molecular flexibility index (Phi) is 5.21. The molecular formula is C20H19FN2O4. The number of nitrogens with zero attached hydrogens (tertiary/aromatic N) is 2. The van der Waals surface area contributed by atoms with Crippen molar-refractivity contribution in [2.75, 3.05) is 26.2 Å². The molecule has 1 aliphatic rings. The second kappa shape index (κ2) is 7.57. The molecule has 27 heavy (non-hydrogen) atoms. The van der Waals surface area contributed by atoms with Gasteiger partial charge in [-0.15, -0.1) is 0 Å². The van der Waals surface area contributed by atoms with E-state index in [0.29, 0.717) is 42.9 Å². The maximum absolute atomic E-state index is 13.7. The van der Waals surface area contributed by atoms with Crippen LogP contribution in [0.5, 0.6) is 0 Å². The number of carbonyl (C=O) groups excluding carboxylic acids is 2. The van der Waals surface area contributed by atoms with Gasteiger partial charge in [-0.3, -0.25) is 9.59 Å². The van der Waals surface area contributed by atoms with Crippen molar-refractivity contribution in [3.8, 4) is 0 Å². The number of benzene rings is 2. The molecule has 1 saturated heterocycles. The summed E-state index contributed by atoms with van der Waals surface area (Å²) < 4.78 is 13.7. The number of halogens is 1. The van der Waals surface area contributed by atoms with E-state index >= 15 is 0 Å². The third-order valence-corrected chi connectivity index (χ3v) is 4.65. The summed E-state index contributed by atoms with van der Waals surface area (Å²) in [6.07, 6.45) is 0. The molecule has 1 fully saturated rings. The fourth-order valence-electron chi connectivity index (χ4n) is 2.96. The Morgan fingerprint density at radius 1 is 0.815 bits per heavy atom. The van der Waals surface area contributed by atoms with Gasteiger partial charge in [-0.2, -0.15) is 0 Å². The van der Waals surface area contributed by atoms with Gasteiger partial charge in [-0.05, 0) is 48.9 Å². The molecule has 0 radical (unpaired) electrons.